The fourth-order valence-corrected chi connectivity index (χ4v) is 3.75. The second kappa shape index (κ2) is 9.30. The van der Waals surface area contributed by atoms with Crippen LogP contribution in [0.2, 0.25) is 0 Å². The van der Waals surface area contributed by atoms with E-state index in [0.717, 1.165) is 38.3 Å². The van der Waals surface area contributed by atoms with E-state index in [1.165, 1.54) is 32.1 Å². The maximum absolute atomic E-state index is 12.3. The zero-order valence-corrected chi connectivity index (χ0v) is 16.1. The quantitative estimate of drug-likeness (QED) is 0.741. The molecule has 1 atom stereocenters. The number of nitrogens with one attached hydrogen (secondary N) is 2. The number of nitrogens with zero attached hydrogens (tertiary/aromatic N) is 1. The Hall–Kier alpha value is -1.46. The van der Waals surface area contributed by atoms with Gasteiger partial charge in [0.05, 0.1) is 0 Å². The van der Waals surface area contributed by atoms with E-state index in [2.05, 4.69) is 10.6 Å². The topological polar surface area (TPSA) is 70.7 Å². The number of alkyl carbamates (subject to hydrolysis) is 1. The smallest absolute Gasteiger partial charge is 0.407 e. The Morgan fingerprint density at radius 1 is 1.12 bits per heavy atom. The number of rotatable bonds is 5. The Balaban J connectivity index is 1.65. The highest BCUT2D eigenvalue weighted by molar-refractivity contribution is 5.74. The molecule has 3 amide bonds. The van der Waals surface area contributed by atoms with Gasteiger partial charge in [-0.3, -0.25) is 0 Å². The molecule has 0 radical (unpaired) electrons. The van der Waals surface area contributed by atoms with Crippen molar-refractivity contribution in [1.29, 1.82) is 0 Å². The summed E-state index contributed by atoms with van der Waals surface area (Å²) in [5, 5.41) is 5.91. The van der Waals surface area contributed by atoms with Crippen molar-refractivity contribution in [3.05, 3.63) is 0 Å². The summed E-state index contributed by atoms with van der Waals surface area (Å²) in [6.07, 6.45) is 9.12. The van der Waals surface area contributed by atoms with Crippen LogP contribution < -0.4 is 10.6 Å². The normalized spacial score (nSPS) is 21.9. The third-order valence-electron chi connectivity index (χ3n) is 4.97. The minimum absolute atomic E-state index is 0.0119. The minimum atomic E-state index is -0.505. The van der Waals surface area contributed by atoms with E-state index in [1.54, 1.807) is 4.90 Å². The van der Waals surface area contributed by atoms with Gasteiger partial charge in [0.15, 0.2) is 0 Å². The van der Waals surface area contributed by atoms with Gasteiger partial charge in [-0.2, -0.15) is 0 Å². The molecule has 144 valence electrons. The molecule has 1 unspecified atom stereocenters. The first-order valence-corrected chi connectivity index (χ1v) is 9.86. The van der Waals surface area contributed by atoms with Gasteiger partial charge in [-0.25, -0.2) is 9.59 Å². The number of likely N-dealkylation sites (tertiary alicyclic amines) is 1. The van der Waals surface area contributed by atoms with Crippen LogP contribution in [0, 0.1) is 5.92 Å². The molecular formula is C19H35N3O3. The van der Waals surface area contributed by atoms with Crippen molar-refractivity contribution < 1.29 is 14.3 Å². The molecule has 1 aliphatic carbocycles. The molecule has 0 bridgehead atoms. The Labute approximate surface area is 152 Å². The highest BCUT2D eigenvalue weighted by atomic mass is 16.6. The Morgan fingerprint density at radius 3 is 2.52 bits per heavy atom. The average Bonchev–Trinajstić information content (AvgIpc) is 3.03. The lowest BCUT2D eigenvalue weighted by atomic mass is 10.0. The van der Waals surface area contributed by atoms with Crippen molar-refractivity contribution in [2.45, 2.75) is 83.8 Å². The van der Waals surface area contributed by atoms with E-state index in [9.17, 15) is 9.59 Å². The molecule has 25 heavy (non-hydrogen) atoms. The molecule has 2 aliphatic rings. The van der Waals surface area contributed by atoms with Gasteiger partial charge in [-0.15, -0.1) is 0 Å². The number of piperidine rings is 1. The Bertz CT molecular complexity index is 442. The Morgan fingerprint density at radius 2 is 1.84 bits per heavy atom. The molecule has 1 heterocycles. The van der Waals surface area contributed by atoms with Gasteiger partial charge in [-0.1, -0.05) is 25.7 Å². The third-order valence-corrected chi connectivity index (χ3v) is 4.97. The van der Waals surface area contributed by atoms with Crippen LogP contribution in [0.15, 0.2) is 0 Å². The summed E-state index contributed by atoms with van der Waals surface area (Å²) in [6, 6.07) is -0.0463. The average molecular weight is 354 g/mol. The maximum Gasteiger partial charge on any atom is 0.407 e. The number of carbonyl (C=O) groups excluding carboxylic acids is 2. The predicted molar refractivity (Wildman–Crippen MR) is 98.6 cm³/mol. The Kier molecular flexibility index (Phi) is 7.38. The zero-order valence-electron chi connectivity index (χ0n) is 16.1. The number of carbonyl (C=O) groups is 2. The van der Waals surface area contributed by atoms with Crippen LogP contribution in [0.5, 0.6) is 0 Å². The molecule has 0 aromatic heterocycles. The van der Waals surface area contributed by atoms with Gasteiger partial charge < -0.3 is 20.3 Å². The molecule has 0 spiro atoms. The molecule has 6 nitrogen and oxygen atoms in total. The summed E-state index contributed by atoms with van der Waals surface area (Å²) in [6.45, 7) is 7.58. The molecule has 2 fully saturated rings. The van der Waals surface area contributed by atoms with E-state index in [1.807, 2.05) is 20.8 Å². The van der Waals surface area contributed by atoms with Crippen molar-refractivity contribution >= 4 is 12.1 Å². The summed E-state index contributed by atoms with van der Waals surface area (Å²) in [5.41, 5.74) is -0.505. The lowest BCUT2D eigenvalue weighted by Gasteiger charge is -2.33. The molecule has 1 saturated carbocycles. The second-order valence-corrected chi connectivity index (χ2v) is 8.46. The van der Waals surface area contributed by atoms with Crippen LogP contribution in [0.1, 0.15) is 72.1 Å². The standard InChI is InChI=1S/C19H35N3O3/c1-19(2,3)25-18(24)21-16-11-7-13-22(14-16)17(23)20-12-6-10-15-8-4-5-9-15/h15-16H,4-14H2,1-3H3,(H,20,23)(H,21,24). The fourth-order valence-electron chi connectivity index (χ4n) is 3.75. The number of urea groups is 1. The zero-order chi connectivity index (χ0) is 18.3. The van der Waals surface area contributed by atoms with Crippen LogP contribution in [0.3, 0.4) is 0 Å². The summed E-state index contributed by atoms with van der Waals surface area (Å²) >= 11 is 0. The fraction of sp³-hybridized carbons (Fsp3) is 0.895. The van der Waals surface area contributed by atoms with Gasteiger partial charge in [0.25, 0.3) is 0 Å². The van der Waals surface area contributed by atoms with Gasteiger partial charge in [0, 0.05) is 25.7 Å². The van der Waals surface area contributed by atoms with Crippen LogP contribution in [-0.4, -0.2) is 48.3 Å². The third kappa shape index (κ3) is 7.53. The summed E-state index contributed by atoms with van der Waals surface area (Å²) < 4.78 is 5.30. The second-order valence-electron chi connectivity index (χ2n) is 8.46. The molecule has 0 aromatic carbocycles. The highest BCUT2D eigenvalue weighted by Crippen LogP contribution is 2.28. The van der Waals surface area contributed by atoms with Gasteiger partial charge >= 0.3 is 12.1 Å². The molecule has 2 N–H and O–H groups in total. The van der Waals surface area contributed by atoms with Gasteiger partial charge in [0.2, 0.25) is 0 Å². The van der Waals surface area contributed by atoms with E-state index < -0.39 is 11.7 Å². The molecule has 1 saturated heterocycles. The number of hydrogen-bond donors (Lipinski definition) is 2. The molecular weight excluding hydrogens is 318 g/mol. The monoisotopic (exact) mass is 353 g/mol. The summed E-state index contributed by atoms with van der Waals surface area (Å²) in [5.74, 6) is 0.870. The predicted octanol–water partition coefficient (Wildman–Crippen LogP) is 3.66. The first kappa shape index (κ1) is 19.9. The van der Waals surface area contributed by atoms with Crippen molar-refractivity contribution in [2.24, 2.45) is 5.92 Å². The van der Waals surface area contributed by atoms with Crippen molar-refractivity contribution in [3.63, 3.8) is 0 Å². The summed E-state index contributed by atoms with van der Waals surface area (Å²) in [4.78, 5) is 26.0. The van der Waals surface area contributed by atoms with Crippen molar-refractivity contribution in [2.75, 3.05) is 19.6 Å². The molecule has 1 aliphatic heterocycles. The molecule has 0 aromatic rings. The minimum Gasteiger partial charge on any atom is -0.444 e. The first-order valence-electron chi connectivity index (χ1n) is 9.86. The molecule has 2 rings (SSSR count). The lowest BCUT2D eigenvalue weighted by Crippen LogP contribution is -2.52. The van der Waals surface area contributed by atoms with Crippen LogP contribution in [-0.2, 0) is 4.74 Å². The van der Waals surface area contributed by atoms with Crippen LogP contribution >= 0.6 is 0 Å². The van der Waals surface area contributed by atoms with Crippen molar-refractivity contribution in [1.82, 2.24) is 15.5 Å². The number of hydrogen-bond acceptors (Lipinski definition) is 3. The highest BCUT2D eigenvalue weighted by Gasteiger charge is 2.26. The van der Waals surface area contributed by atoms with Gasteiger partial charge in [-0.05, 0) is 52.4 Å². The van der Waals surface area contributed by atoms with E-state index >= 15 is 0 Å². The van der Waals surface area contributed by atoms with Crippen molar-refractivity contribution in [3.8, 4) is 0 Å². The van der Waals surface area contributed by atoms with E-state index in [0.29, 0.717) is 6.54 Å². The van der Waals surface area contributed by atoms with Gasteiger partial charge in [0.1, 0.15) is 5.60 Å². The molecule has 6 heteroatoms. The number of ether oxygens (including phenoxy) is 1. The van der Waals surface area contributed by atoms with Crippen LogP contribution in [0.4, 0.5) is 9.59 Å². The number of amides is 3. The van der Waals surface area contributed by atoms with E-state index in [4.69, 9.17) is 4.74 Å². The largest absolute Gasteiger partial charge is 0.444 e. The summed E-state index contributed by atoms with van der Waals surface area (Å²) in [7, 11) is 0. The lowest BCUT2D eigenvalue weighted by molar-refractivity contribution is 0.0479. The van der Waals surface area contributed by atoms with E-state index in [-0.39, 0.29) is 12.1 Å². The van der Waals surface area contributed by atoms with Crippen LogP contribution in [0.25, 0.3) is 0 Å². The maximum atomic E-state index is 12.3. The SMILES string of the molecule is CC(C)(C)OC(=O)NC1CCCN(C(=O)NCCCC2CCCC2)C1. The first-order chi connectivity index (χ1) is 11.8.